The molecule has 1 aromatic rings. The summed E-state index contributed by atoms with van der Waals surface area (Å²) in [6.07, 6.45) is 0.208. The van der Waals surface area contributed by atoms with Crippen molar-refractivity contribution in [3.8, 4) is 0 Å². The van der Waals surface area contributed by atoms with Crippen molar-refractivity contribution in [2.24, 2.45) is 5.73 Å². The van der Waals surface area contributed by atoms with Gasteiger partial charge >= 0.3 is 0 Å². The van der Waals surface area contributed by atoms with Gasteiger partial charge in [-0.25, -0.2) is 0 Å². The highest BCUT2D eigenvalue weighted by molar-refractivity contribution is 5.99. The van der Waals surface area contributed by atoms with Gasteiger partial charge in [-0.1, -0.05) is 6.07 Å². The molecule has 0 aliphatic heterocycles. The Morgan fingerprint density at radius 3 is 2.45 bits per heavy atom. The molecule has 4 N–H and O–H groups in total. The molecule has 0 atom stereocenters. The molecule has 0 saturated carbocycles. The average molecular weight is 277 g/mol. The zero-order chi connectivity index (χ0) is 15.1. The van der Waals surface area contributed by atoms with Crippen LogP contribution in [0.1, 0.15) is 41.0 Å². The van der Waals surface area contributed by atoms with Crippen molar-refractivity contribution in [2.75, 3.05) is 6.54 Å². The number of nitrogens with two attached hydrogens (primary N) is 1. The number of carbonyl (C=O) groups is 3. The van der Waals surface area contributed by atoms with Crippen LogP contribution in [0.15, 0.2) is 24.3 Å². The van der Waals surface area contributed by atoms with E-state index in [2.05, 4.69) is 10.6 Å². The smallest absolute Gasteiger partial charge is 0.251 e. The maximum absolute atomic E-state index is 11.8. The Morgan fingerprint density at radius 2 is 1.85 bits per heavy atom. The lowest BCUT2D eigenvalue weighted by atomic mass is 10.1. The molecule has 0 aliphatic carbocycles. The topological polar surface area (TPSA) is 101 Å². The van der Waals surface area contributed by atoms with Gasteiger partial charge in [-0.2, -0.15) is 0 Å². The SMILES string of the molecule is CC(C)NC(=O)CCNC(=O)c1cccc(C(N)=O)c1. The van der Waals surface area contributed by atoms with Crippen LogP contribution in [0.4, 0.5) is 0 Å². The summed E-state index contributed by atoms with van der Waals surface area (Å²) < 4.78 is 0. The summed E-state index contributed by atoms with van der Waals surface area (Å²) in [5, 5.41) is 5.35. The fraction of sp³-hybridized carbons (Fsp3) is 0.357. The van der Waals surface area contributed by atoms with Crippen molar-refractivity contribution in [1.29, 1.82) is 0 Å². The zero-order valence-electron chi connectivity index (χ0n) is 11.6. The van der Waals surface area contributed by atoms with Crippen LogP contribution in [0.5, 0.6) is 0 Å². The van der Waals surface area contributed by atoms with E-state index in [4.69, 9.17) is 5.73 Å². The van der Waals surface area contributed by atoms with E-state index in [1.165, 1.54) is 12.1 Å². The fourth-order valence-electron chi connectivity index (χ4n) is 1.60. The quantitative estimate of drug-likeness (QED) is 0.702. The van der Waals surface area contributed by atoms with Crippen LogP contribution in [0.3, 0.4) is 0 Å². The van der Waals surface area contributed by atoms with Crippen molar-refractivity contribution >= 4 is 17.7 Å². The van der Waals surface area contributed by atoms with Crippen LogP contribution in [-0.4, -0.2) is 30.3 Å². The summed E-state index contributed by atoms with van der Waals surface area (Å²) in [6, 6.07) is 6.20. The molecule has 20 heavy (non-hydrogen) atoms. The van der Waals surface area contributed by atoms with Crippen molar-refractivity contribution < 1.29 is 14.4 Å². The van der Waals surface area contributed by atoms with Gasteiger partial charge in [0, 0.05) is 30.1 Å². The third kappa shape index (κ3) is 5.09. The van der Waals surface area contributed by atoms with E-state index in [9.17, 15) is 14.4 Å². The molecular formula is C14H19N3O3. The van der Waals surface area contributed by atoms with E-state index in [-0.39, 0.29) is 36.4 Å². The molecule has 1 rings (SSSR count). The van der Waals surface area contributed by atoms with Crippen LogP contribution in [0, 0.1) is 0 Å². The summed E-state index contributed by atoms with van der Waals surface area (Å²) in [4.78, 5) is 34.2. The van der Waals surface area contributed by atoms with Crippen LogP contribution in [0.2, 0.25) is 0 Å². The zero-order valence-corrected chi connectivity index (χ0v) is 11.6. The maximum Gasteiger partial charge on any atom is 0.251 e. The highest BCUT2D eigenvalue weighted by Gasteiger charge is 2.09. The molecule has 1 aromatic carbocycles. The highest BCUT2D eigenvalue weighted by Crippen LogP contribution is 2.04. The number of nitrogens with one attached hydrogen (secondary N) is 2. The van der Waals surface area contributed by atoms with Gasteiger partial charge in [-0.05, 0) is 32.0 Å². The second-order valence-electron chi connectivity index (χ2n) is 4.67. The molecular weight excluding hydrogens is 258 g/mol. The van der Waals surface area contributed by atoms with E-state index >= 15 is 0 Å². The Balaban J connectivity index is 2.49. The van der Waals surface area contributed by atoms with E-state index in [0.29, 0.717) is 5.56 Å². The molecule has 0 aromatic heterocycles. The summed E-state index contributed by atoms with van der Waals surface area (Å²) in [7, 11) is 0. The Bertz CT molecular complexity index is 512. The minimum atomic E-state index is -0.587. The highest BCUT2D eigenvalue weighted by atomic mass is 16.2. The van der Waals surface area contributed by atoms with Crippen molar-refractivity contribution in [1.82, 2.24) is 10.6 Å². The summed E-state index contributed by atoms with van der Waals surface area (Å²) in [6.45, 7) is 3.97. The van der Waals surface area contributed by atoms with E-state index in [1.807, 2.05) is 13.8 Å². The molecule has 0 heterocycles. The predicted molar refractivity (Wildman–Crippen MR) is 75.2 cm³/mol. The average Bonchev–Trinajstić information content (AvgIpc) is 2.37. The number of primary amides is 1. The van der Waals surface area contributed by atoms with Gasteiger partial charge in [-0.3, -0.25) is 14.4 Å². The molecule has 6 nitrogen and oxygen atoms in total. The Hall–Kier alpha value is -2.37. The van der Waals surface area contributed by atoms with Gasteiger partial charge in [0.25, 0.3) is 5.91 Å². The molecule has 0 saturated heterocycles. The second-order valence-corrected chi connectivity index (χ2v) is 4.67. The molecule has 0 fully saturated rings. The lowest BCUT2D eigenvalue weighted by Gasteiger charge is -2.09. The van der Waals surface area contributed by atoms with Crippen LogP contribution in [0.25, 0.3) is 0 Å². The van der Waals surface area contributed by atoms with Gasteiger partial charge in [-0.15, -0.1) is 0 Å². The molecule has 0 radical (unpaired) electrons. The van der Waals surface area contributed by atoms with Crippen molar-refractivity contribution in [3.63, 3.8) is 0 Å². The third-order valence-corrected chi connectivity index (χ3v) is 2.50. The fourth-order valence-corrected chi connectivity index (χ4v) is 1.60. The minimum Gasteiger partial charge on any atom is -0.366 e. The van der Waals surface area contributed by atoms with Gasteiger partial charge in [0.1, 0.15) is 0 Å². The number of amides is 3. The summed E-state index contributed by atoms with van der Waals surface area (Å²) in [5.74, 6) is -1.05. The van der Waals surface area contributed by atoms with Gasteiger partial charge in [0.05, 0.1) is 0 Å². The molecule has 0 unspecified atom stereocenters. The first kappa shape index (κ1) is 15.7. The lowest BCUT2D eigenvalue weighted by Crippen LogP contribution is -2.34. The standard InChI is InChI=1S/C14H19N3O3/c1-9(2)17-12(18)6-7-16-14(20)11-5-3-4-10(8-11)13(15)19/h3-5,8-9H,6-7H2,1-2H3,(H2,15,19)(H,16,20)(H,17,18). The largest absolute Gasteiger partial charge is 0.366 e. The molecule has 0 spiro atoms. The third-order valence-electron chi connectivity index (χ3n) is 2.50. The van der Waals surface area contributed by atoms with Gasteiger partial charge < -0.3 is 16.4 Å². The second kappa shape index (κ2) is 7.28. The van der Waals surface area contributed by atoms with Gasteiger partial charge in [0.2, 0.25) is 11.8 Å². The number of rotatable bonds is 6. The Morgan fingerprint density at radius 1 is 1.20 bits per heavy atom. The number of benzene rings is 1. The molecule has 3 amide bonds. The van der Waals surface area contributed by atoms with E-state index < -0.39 is 5.91 Å². The maximum atomic E-state index is 11.8. The van der Waals surface area contributed by atoms with Gasteiger partial charge in [0.15, 0.2) is 0 Å². The first-order valence-electron chi connectivity index (χ1n) is 6.37. The van der Waals surface area contributed by atoms with E-state index in [1.54, 1.807) is 12.1 Å². The first-order valence-corrected chi connectivity index (χ1v) is 6.37. The summed E-state index contributed by atoms with van der Waals surface area (Å²) >= 11 is 0. The molecule has 108 valence electrons. The van der Waals surface area contributed by atoms with Crippen molar-refractivity contribution in [3.05, 3.63) is 35.4 Å². The van der Waals surface area contributed by atoms with Crippen LogP contribution in [-0.2, 0) is 4.79 Å². The first-order chi connectivity index (χ1) is 9.40. The number of hydrogen-bond donors (Lipinski definition) is 3. The molecule has 0 aliphatic rings. The van der Waals surface area contributed by atoms with E-state index in [0.717, 1.165) is 0 Å². The van der Waals surface area contributed by atoms with Crippen molar-refractivity contribution in [2.45, 2.75) is 26.3 Å². The number of carbonyl (C=O) groups excluding carboxylic acids is 3. The molecule has 0 bridgehead atoms. The van der Waals surface area contributed by atoms with Crippen LogP contribution >= 0.6 is 0 Å². The minimum absolute atomic E-state index is 0.0745. The Labute approximate surface area is 117 Å². The monoisotopic (exact) mass is 277 g/mol. The predicted octanol–water partition coefficient (Wildman–Crippen LogP) is 0.430. The molecule has 6 heteroatoms. The lowest BCUT2D eigenvalue weighted by molar-refractivity contribution is -0.121. The Kier molecular flexibility index (Phi) is 5.71. The number of hydrogen-bond acceptors (Lipinski definition) is 3. The van der Waals surface area contributed by atoms with Crippen LogP contribution < -0.4 is 16.4 Å². The summed E-state index contributed by atoms with van der Waals surface area (Å²) in [5.41, 5.74) is 5.76. The normalized spacial score (nSPS) is 10.2.